The fourth-order valence-corrected chi connectivity index (χ4v) is 2.06. The van der Waals surface area contributed by atoms with Crippen LogP contribution >= 0.6 is 0 Å². The smallest absolute Gasteiger partial charge is 0.287 e. The van der Waals surface area contributed by atoms with Crippen molar-refractivity contribution in [3.63, 3.8) is 0 Å². The first kappa shape index (κ1) is 12.7. The first-order valence-electron chi connectivity index (χ1n) is 5.98. The van der Waals surface area contributed by atoms with Crippen LogP contribution in [0.4, 0.5) is 11.5 Å². The van der Waals surface area contributed by atoms with Gasteiger partial charge in [-0.15, -0.1) is 0 Å². The summed E-state index contributed by atoms with van der Waals surface area (Å²) in [5.74, 6) is 0.799. The Hall–Kier alpha value is -1.73. The summed E-state index contributed by atoms with van der Waals surface area (Å²) in [6, 6.07) is 3.20. The maximum absolute atomic E-state index is 10.5. The van der Waals surface area contributed by atoms with Crippen LogP contribution in [0.3, 0.4) is 0 Å². The zero-order chi connectivity index (χ0) is 13.0. The molecular formula is C11H17N5O2. The summed E-state index contributed by atoms with van der Waals surface area (Å²) in [4.78, 5) is 18.7. The third kappa shape index (κ3) is 2.93. The molecule has 7 heteroatoms. The highest BCUT2D eigenvalue weighted by molar-refractivity contribution is 5.43. The molecule has 0 amide bonds. The molecule has 0 atom stereocenters. The van der Waals surface area contributed by atoms with Crippen LogP contribution in [-0.2, 0) is 0 Å². The average molecular weight is 251 g/mol. The van der Waals surface area contributed by atoms with Crippen molar-refractivity contribution in [2.75, 3.05) is 44.2 Å². The number of hydrogen-bond donors (Lipinski definition) is 1. The van der Waals surface area contributed by atoms with Crippen molar-refractivity contribution in [1.82, 2.24) is 9.88 Å². The molecule has 0 saturated carbocycles. The lowest BCUT2D eigenvalue weighted by atomic mass is 10.3. The third-order valence-electron chi connectivity index (χ3n) is 3.08. The van der Waals surface area contributed by atoms with Gasteiger partial charge < -0.3 is 10.6 Å². The molecule has 2 rings (SSSR count). The van der Waals surface area contributed by atoms with E-state index in [9.17, 15) is 10.1 Å². The van der Waals surface area contributed by atoms with Crippen molar-refractivity contribution in [1.29, 1.82) is 0 Å². The van der Waals surface area contributed by atoms with Crippen LogP contribution in [0, 0.1) is 10.1 Å². The molecule has 0 aliphatic carbocycles. The molecule has 1 fully saturated rings. The predicted molar refractivity (Wildman–Crippen MR) is 68.6 cm³/mol. The van der Waals surface area contributed by atoms with Gasteiger partial charge in [-0.05, 0) is 6.07 Å². The second kappa shape index (κ2) is 5.74. The van der Waals surface area contributed by atoms with Crippen molar-refractivity contribution in [3.05, 3.63) is 28.4 Å². The number of hydrogen-bond acceptors (Lipinski definition) is 6. The van der Waals surface area contributed by atoms with Gasteiger partial charge in [0.25, 0.3) is 5.69 Å². The summed E-state index contributed by atoms with van der Waals surface area (Å²) in [7, 11) is 0. The van der Waals surface area contributed by atoms with Gasteiger partial charge in [0.05, 0.1) is 4.92 Å². The third-order valence-corrected chi connectivity index (χ3v) is 3.08. The van der Waals surface area contributed by atoms with Gasteiger partial charge in [-0.2, -0.15) is 0 Å². The number of aromatic nitrogens is 1. The van der Waals surface area contributed by atoms with Gasteiger partial charge in [-0.25, -0.2) is 4.98 Å². The molecule has 2 N–H and O–H groups in total. The molecule has 1 aromatic heterocycles. The largest absolute Gasteiger partial charge is 0.354 e. The average Bonchev–Trinajstić information content (AvgIpc) is 2.40. The highest BCUT2D eigenvalue weighted by Crippen LogP contribution is 2.17. The molecule has 1 aliphatic rings. The maximum atomic E-state index is 10.5. The maximum Gasteiger partial charge on any atom is 0.287 e. The topological polar surface area (TPSA) is 88.5 Å². The van der Waals surface area contributed by atoms with E-state index in [0.717, 1.165) is 38.5 Å². The van der Waals surface area contributed by atoms with Gasteiger partial charge in [0.15, 0.2) is 0 Å². The first-order chi connectivity index (χ1) is 8.70. The standard InChI is InChI=1S/C11H17N5O2/c12-3-4-14-5-7-15(8-6-14)11-2-1-10(9-13-11)16(17)18/h1-2,9H,3-8,12H2. The van der Waals surface area contributed by atoms with E-state index in [2.05, 4.69) is 14.8 Å². The number of pyridine rings is 1. The van der Waals surface area contributed by atoms with E-state index < -0.39 is 4.92 Å². The molecule has 0 spiro atoms. The Labute approximate surface area is 105 Å². The molecular weight excluding hydrogens is 234 g/mol. The Morgan fingerprint density at radius 1 is 1.33 bits per heavy atom. The molecule has 18 heavy (non-hydrogen) atoms. The minimum atomic E-state index is -0.435. The molecule has 0 unspecified atom stereocenters. The quantitative estimate of drug-likeness (QED) is 0.602. The normalized spacial score (nSPS) is 16.8. The van der Waals surface area contributed by atoms with E-state index in [-0.39, 0.29) is 5.69 Å². The number of nitrogens with two attached hydrogens (primary N) is 1. The van der Waals surface area contributed by atoms with Crippen molar-refractivity contribution in [2.24, 2.45) is 5.73 Å². The Balaban J connectivity index is 1.95. The Bertz CT molecular complexity index is 400. The molecule has 0 bridgehead atoms. The number of anilines is 1. The van der Waals surface area contributed by atoms with Crippen LogP contribution < -0.4 is 10.6 Å². The van der Waals surface area contributed by atoms with Crippen LogP contribution in [0.5, 0.6) is 0 Å². The van der Waals surface area contributed by atoms with Gasteiger partial charge in [-0.1, -0.05) is 0 Å². The van der Waals surface area contributed by atoms with Crippen molar-refractivity contribution < 1.29 is 4.92 Å². The van der Waals surface area contributed by atoms with Crippen molar-refractivity contribution >= 4 is 11.5 Å². The number of piperazine rings is 1. The van der Waals surface area contributed by atoms with Gasteiger partial charge in [0, 0.05) is 45.3 Å². The highest BCUT2D eigenvalue weighted by Gasteiger charge is 2.17. The molecule has 1 aromatic rings. The molecule has 1 aliphatic heterocycles. The van der Waals surface area contributed by atoms with Crippen LogP contribution in [0.25, 0.3) is 0 Å². The number of rotatable bonds is 4. The summed E-state index contributed by atoms with van der Waals surface area (Å²) in [6.07, 6.45) is 1.31. The van der Waals surface area contributed by atoms with Crippen LogP contribution in [0.1, 0.15) is 0 Å². The lowest BCUT2D eigenvalue weighted by molar-refractivity contribution is -0.385. The second-order valence-electron chi connectivity index (χ2n) is 4.25. The molecule has 2 heterocycles. The van der Waals surface area contributed by atoms with Gasteiger partial charge in [-0.3, -0.25) is 15.0 Å². The summed E-state index contributed by atoms with van der Waals surface area (Å²) < 4.78 is 0. The molecule has 98 valence electrons. The van der Waals surface area contributed by atoms with Crippen LogP contribution in [0.15, 0.2) is 18.3 Å². The van der Waals surface area contributed by atoms with Gasteiger partial charge in [0.2, 0.25) is 0 Å². The Morgan fingerprint density at radius 3 is 2.56 bits per heavy atom. The summed E-state index contributed by atoms with van der Waals surface area (Å²) in [5, 5.41) is 10.5. The predicted octanol–water partition coefficient (Wildman–Crippen LogP) is 0.0705. The minimum absolute atomic E-state index is 0.0283. The SMILES string of the molecule is NCCN1CCN(c2ccc([N+](=O)[O-])cn2)CC1. The van der Waals surface area contributed by atoms with E-state index in [1.165, 1.54) is 12.3 Å². The summed E-state index contributed by atoms with van der Waals surface area (Å²) in [5.41, 5.74) is 5.55. The van der Waals surface area contributed by atoms with Gasteiger partial charge >= 0.3 is 0 Å². The van der Waals surface area contributed by atoms with Crippen LogP contribution in [-0.4, -0.2) is 54.1 Å². The van der Waals surface area contributed by atoms with Crippen molar-refractivity contribution in [3.8, 4) is 0 Å². The van der Waals surface area contributed by atoms with E-state index in [0.29, 0.717) is 6.54 Å². The minimum Gasteiger partial charge on any atom is -0.354 e. The van der Waals surface area contributed by atoms with Gasteiger partial charge in [0.1, 0.15) is 12.0 Å². The Kier molecular flexibility index (Phi) is 4.06. The lowest BCUT2D eigenvalue weighted by Gasteiger charge is -2.35. The zero-order valence-electron chi connectivity index (χ0n) is 10.2. The fraction of sp³-hybridized carbons (Fsp3) is 0.545. The second-order valence-corrected chi connectivity index (χ2v) is 4.25. The monoisotopic (exact) mass is 251 g/mol. The molecule has 7 nitrogen and oxygen atoms in total. The van der Waals surface area contributed by atoms with Crippen LogP contribution in [0.2, 0.25) is 0 Å². The molecule has 0 aromatic carbocycles. The Morgan fingerprint density at radius 2 is 2.06 bits per heavy atom. The summed E-state index contributed by atoms with van der Waals surface area (Å²) >= 11 is 0. The molecule has 1 saturated heterocycles. The van der Waals surface area contributed by atoms with E-state index in [4.69, 9.17) is 5.73 Å². The van der Waals surface area contributed by atoms with Crippen molar-refractivity contribution in [2.45, 2.75) is 0 Å². The fourth-order valence-electron chi connectivity index (χ4n) is 2.06. The first-order valence-corrected chi connectivity index (χ1v) is 5.98. The highest BCUT2D eigenvalue weighted by atomic mass is 16.6. The lowest BCUT2D eigenvalue weighted by Crippen LogP contribution is -2.48. The number of nitro groups is 1. The number of nitrogens with zero attached hydrogens (tertiary/aromatic N) is 4. The van der Waals surface area contributed by atoms with E-state index in [1.54, 1.807) is 6.07 Å². The summed E-state index contributed by atoms with van der Waals surface area (Å²) in [6.45, 7) is 5.26. The molecule has 0 radical (unpaired) electrons. The zero-order valence-corrected chi connectivity index (χ0v) is 10.2. The van der Waals surface area contributed by atoms with E-state index >= 15 is 0 Å². The van der Waals surface area contributed by atoms with E-state index in [1.807, 2.05) is 0 Å².